The largest absolute Gasteiger partial charge is 0.355 e. The van der Waals surface area contributed by atoms with Gasteiger partial charge in [-0.05, 0) is 48.5 Å². The van der Waals surface area contributed by atoms with Gasteiger partial charge in [0, 0.05) is 13.1 Å². The molecule has 0 saturated carbocycles. The van der Waals surface area contributed by atoms with Crippen molar-refractivity contribution in [3.63, 3.8) is 0 Å². The molecule has 0 radical (unpaired) electrons. The van der Waals surface area contributed by atoms with Crippen molar-refractivity contribution in [2.45, 2.75) is 92.9 Å². The molecule has 2 amide bonds. The molecule has 32 heavy (non-hydrogen) atoms. The van der Waals surface area contributed by atoms with Crippen LogP contribution in [0.3, 0.4) is 0 Å². The third-order valence-corrected chi connectivity index (χ3v) is 6.45. The molecule has 0 aromatic heterocycles. The number of carbonyl (C=O) groups excluding carboxylic acids is 2. The molecule has 0 aliphatic heterocycles. The summed E-state index contributed by atoms with van der Waals surface area (Å²) in [4.78, 5) is 25.5. The van der Waals surface area contributed by atoms with Crippen LogP contribution in [0.25, 0.3) is 0 Å². The third kappa shape index (κ3) is 10.8. The lowest BCUT2D eigenvalue weighted by Crippen LogP contribution is -2.41. The second-order valence-electron chi connectivity index (χ2n) is 10.4. The molecule has 184 valence electrons. The number of hydrogen-bond acceptors (Lipinski definition) is 2. The number of rotatable bonds is 15. The second kappa shape index (κ2) is 16.1. The Balaban J connectivity index is 3.10. The molecule has 2 N–H and O–H groups in total. The zero-order chi connectivity index (χ0) is 23.9. The molecule has 0 unspecified atom stereocenters. The van der Waals surface area contributed by atoms with Crippen molar-refractivity contribution in [2.24, 2.45) is 35.5 Å². The van der Waals surface area contributed by atoms with E-state index in [4.69, 9.17) is 0 Å². The summed E-state index contributed by atoms with van der Waals surface area (Å²) < 4.78 is 0. The van der Waals surface area contributed by atoms with E-state index in [1.807, 2.05) is 6.08 Å². The van der Waals surface area contributed by atoms with Crippen LogP contribution < -0.4 is 10.6 Å². The maximum atomic E-state index is 13.1. The van der Waals surface area contributed by atoms with E-state index in [0.717, 1.165) is 6.42 Å². The van der Waals surface area contributed by atoms with Gasteiger partial charge >= 0.3 is 0 Å². The van der Waals surface area contributed by atoms with Crippen LogP contribution in [0.5, 0.6) is 0 Å². The van der Waals surface area contributed by atoms with Crippen molar-refractivity contribution >= 4 is 11.8 Å². The van der Waals surface area contributed by atoms with Crippen molar-refractivity contribution in [3.8, 4) is 0 Å². The van der Waals surface area contributed by atoms with Gasteiger partial charge in [-0.3, -0.25) is 9.59 Å². The predicted octanol–water partition coefficient (Wildman–Crippen LogP) is 6.28. The fourth-order valence-electron chi connectivity index (χ4n) is 4.57. The normalized spacial score (nSPS) is 23.2. The van der Waals surface area contributed by atoms with E-state index in [1.54, 1.807) is 6.08 Å². The fraction of sp³-hybridized carbons (Fsp3) is 0.786. The third-order valence-electron chi connectivity index (χ3n) is 6.45. The van der Waals surface area contributed by atoms with Gasteiger partial charge < -0.3 is 10.6 Å². The average molecular weight is 447 g/mol. The molecule has 4 atom stereocenters. The van der Waals surface area contributed by atoms with Crippen molar-refractivity contribution in [1.82, 2.24) is 10.6 Å². The Morgan fingerprint density at radius 3 is 2.03 bits per heavy atom. The van der Waals surface area contributed by atoms with Gasteiger partial charge in [-0.25, -0.2) is 0 Å². The van der Waals surface area contributed by atoms with Crippen LogP contribution in [0.2, 0.25) is 0 Å². The molecule has 4 nitrogen and oxygen atoms in total. The topological polar surface area (TPSA) is 58.2 Å². The van der Waals surface area contributed by atoms with Gasteiger partial charge in [-0.15, -0.1) is 0 Å². The molecule has 0 aromatic carbocycles. The van der Waals surface area contributed by atoms with Gasteiger partial charge in [-0.1, -0.05) is 98.3 Å². The Morgan fingerprint density at radius 2 is 1.44 bits per heavy atom. The number of carbonyl (C=O) groups is 2. The Kier molecular flexibility index (Phi) is 14.3. The van der Waals surface area contributed by atoms with E-state index >= 15 is 0 Å². The minimum Gasteiger partial charge on any atom is -0.355 e. The van der Waals surface area contributed by atoms with Gasteiger partial charge in [0.05, 0.1) is 5.92 Å². The summed E-state index contributed by atoms with van der Waals surface area (Å²) in [6, 6.07) is 0. The Hall–Kier alpha value is -1.58. The molecule has 1 aliphatic carbocycles. The van der Waals surface area contributed by atoms with Gasteiger partial charge in [-0.2, -0.15) is 0 Å². The minimum atomic E-state index is -0.197. The molecule has 1 aliphatic rings. The van der Waals surface area contributed by atoms with Crippen molar-refractivity contribution in [3.05, 3.63) is 24.3 Å². The summed E-state index contributed by atoms with van der Waals surface area (Å²) in [5.41, 5.74) is 0. The fourth-order valence-corrected chi connectivity index (χ4v) is 4.57. The zero-order valence-electron chi connectivity index (χ0n) is 21.7. The molecule has 4 heteroatoms. The van der Waals surface area contributed by atoms with Crippen molar-refractivity contribution in [1.29, 1.82) is 0 Å². The monoisotopic (exact) mass is 446 g/mol. The van der Waals surface area contributed by atoms with Crippen LogP contribution in [-0.4, -0.2) is 24.9 Å². The van der Waals surface area contributed by atoms with Gasteiger partial charge in [0.1, 0.15) is 0 Å². The van der Waals surface area contributed by atoms with E-state index < -0.39 is 0 Å². The minimum absolute atomic E-state index is 0.0515. The number of amides is 2. The first-order chi connectivity index (χ1) is 15.3. The maximum absolute atomic E-state index is 13.1. The second-order valence-corrected chi connectivity index (χ2v) is 10.4. The highest BCUT2D eigenvalue weighted by Crippen LogP contribution is 2.41. The zero-order valence-corrected chi connectivity index (χ0v) is 21.7. The highest BCUT2D eigenvalue weighted by atomic mass is 16.2. The number of hydrogen-bond donors (Lipinski definition) is 2. The van der Waals surface area contributed by atoms with Gasteiger partial charge in [0.25, 0.3) is 0 Å². The summed E-state index contributed by atoms with van der Waals surface area (Å²) in [5, 5.41) is 6.12. The molecule has 1 rings (SSSR count). The van der Waals surface area contributed by atoms with E-state index in [9.17, 15) is 9.59 Å². The maximum Gasteiger partial charge on any atom is 0.243 e. The predicted molar refractivity (Wildman–Crippen MR) is 136 cm³/mol. The van der Waals surface area contributed by atoms with Crippen LogP contribution in [0.15, 0.2) is 24.3 Å². The molecular weight excluding hydrogens is 396 g/mol. The van der Waals surface area contributed by atoms with E-state index in [0.29, 0.717) is 36.8 Å². The average Bonchev–Trinajstić information content (AvgIpc) is 2.75. The Morgan fingerprint density at radius 1 is 0.844 bits per heavy atom. The van der Waals surface area contributed by atoms with Crippen LogP contribution in [0.1, 0.15) is 92.9 Å². The number of unbranched alkanes of at least 4 members (excludes halogenated alkanes) is 4. The van der Waals surface area contributed by atoms with E-state index in [2.05, 4.69) is 64.3 Å². The lowest BCUT2D eigenvalue weighted by molar-refractivity contribution is -0.125. The van der Waals surface area contributed by atoms with Crippen molar-refractivity contribution < 1.29 is 9.59 Å². The number of nitrogens with one attached hydrogen (secondary N) is 2. The molecule has 0 heterocycles. The van der Waals surface area contributed by atoms with Crippen LogP contribution in [0.4, 0.5) is 0 Å². The van der Waals surface area contributed by atoms with E-state index in [-0.39, 0.29) is 23.7 Å². The molecule has 0 aromatic rings. The summed E-state index contributed by atoms with van der Waals surface area (Å²) in [5.74, 6) is 1.66. The summed E-state index contributed by atoms with van der Waals surface area (Å²) in [6.07, 6.45) is 17.8. The number of allylic oxidation sites excluding steroid dienone is 2. The standard InChI is InChI=1S/C28H50N2O2/c1-7-9-11-13-23-15-16-26(28(32)30-20-22(5)6)25(24(23)14-12-10-8-2)17-18-27(31)29-19-21(3)4/h15-18,21-26H,7-14,19-20H2,1-6H3,(H,29,31)(H,30,32)/b18-17+/t23-,24-,25+,26+/m1/s1. The molecular formula is C28H50N2O2. The van der Waals surface area contributed by atoms with Gasteiger partial charge in [0.15, 0.2) is 0 Å². The van der Waals surface area contributed by atoms with Crippen LogP contribution in [-0.2, 0) is 9.59 Å². The Labute approximate surface area is 198 Å². The Bertz CT molecular complexity index is 594. The van der Waals surface area contributed by atoms with E-state index in [1.165, 1.54) is 44.9 Å². The first kappa shape index (κ1) is 28.5. The first-order valence-electron chi connectivity index (χ1n) is 13.2. The summed E-state index contributed by atoms with van der Waals surface area (Å²) in [6.45, 7) is 14.3. The molecule has 0 spiro atoms. The SMILES string of the molecule is CCCCC[C@H]1[C@H](/C=C/C(=O)NCC(C)C)[C@@H](C(=O)NCC(C)C)C=C[C@H]1CCCCC. The lowest BCUT2D eigenvalue weighted by Gasteiger charge is -2.38. The van der Waals surface area contributed by atoms with Crippen LogP contribution >= 0.6 is 0 Å². The molecule has 0 saturated heterocycles. The van der Waals surface area contributed by atoms with Gasteiger partial charge in [0.2, 0.25) is 11.8 Å². The molecule has 0 bridgehead atoms. The first-order valence-corrected chi connectivity index (χ1v) is 13.2. The highest BCUT2D eigenvalue weighted by Gasteiger charge is 2.37. The molecule has 0 fully saturated rings. The van der Waals surface area contributed by atoms with Crippen LogP contribution in [0, 0.1) is 35.5 Å². The quantitative estimate of drug-likeness (QED) is 0.177. The summed E-state index contributed by atoms with van der Waals surface area (Å²) in [7, 11) is 0. The summed E-state index contributed by atoms with van der Waals surface area (Å²) >= 11 is 0. The lowest BCUT2D eigenvalue weighted by atomic mass is 9.66. The van der Waals surface area contributed by atoms with Crippen molar-refractivity contribution in [2.75, 3.05) is 13.1 Å². The smallest absolute Gasteiger partial charge is 0.243 e. The highest BCUT2D eigenvalue weighted by molar-refractivity contribution is 5.88.